The Morgan fingerprint density at radius 1 is 0.958 bits per heavy atom. The van der Waals surface area contributed by atoms with Crippen molar-refractivity contribution < 1.29 is 19.2 Å². The SMILES string of the molecule is CC1(C)OB(c2ccc(Oc3ccccc3)c(CO)c2)OC1(C)C. The third-order valence-electron chi connectivity index (χ3n) is 4.75. The molecule has 0 amide bonds. The van der Waals surface area contributed by atoms with Crippen LogP contribution in [0.5, 0.6) is 11.5 Å². The first-order valence-electron chi connectivity index (χ1n) is 8.15. The van der Waals surface area contributed by atoms with E-state index in [0.717, 1.165) is 11.2 Å². The van der Waals surface area contributed by atoms with Crippen LogP contribution in [0.4, 0.5) is 0 Å². The normalized spacial score (nSPS) is 18.6. The molecule has 0 radical (unpaired) electrons. The largest absolute Gasteiger partial charge is 0.494 e. The fraction of sp³-hybridized carbons (Fsp3) is 0.368. The van der Waals surface area contributed by atoms with Crippen molar-refractivity contribution in [1.29, 1.82) is 0 Å². The highest BCUT2D eigenvalue weighted by molar-refractivity contribution is 6.62. The maximum atomic E-state index is 9.71. The molecule has 0 aliphatic carbocycles. The predicted octanol–water partition coefficient (Wildman–Crippen LogP) is 3.27. The Morgan fingerprint density at radius 2 is 1.58 bits per heavy atom. The highest BCUT2D eigenvalue weighted by atomic mass is 16.7. The summed E-state index contributed by atoms with van der Waals surface area (Å²) in [6.45, 7) is 7.97. The number of hydrogen-bond acceptors (Lipinski definition) is 4. The predicted molar refractivity (Wildman–Crippen MR) is 94.6 cm³/mol. The molecule has 5 heteroatoms. The van der Waals surface area contributed by atoms with Crippen molar-refractivity contribution in [2.24, 2.45) is 0 Å². The van der Waals surface area contributed by atoms with Crippen LogP contribution in [0, 0.1) is 0 Å². The van der Waals surface area contributed by atoms with Crippen molar-refractivity contribution in [2.75, 3.05) is 0 Å². The van der Waals surface area contributed by atoms with Gasteiger partial charge in [-0.2, -0.15) is 0 Å². The zero-order valence-corrected chi connectivity index (χ0v) is 14.6. The number of aliphatic hydroxyl groups excluding tert-OH is 1. The van der Waals surface area contributed by atoms with E-state index in [9.17, 15) is 5.11 Å². The molecule has 0 spiro atoms. The van der Waals surface area contributed by atoms with Gasteiger partial charge >= 0.3 is 7.12 Å². The van der Waals surface area contributed by atoms with Crippen LogP contribution in [0.15, 0.2) is 48.5 Å². The van der Waals surface area contributed by atoms with Gasteiger partial charge in [-0.15, -0.1) is 0 Å². The molecule has 3 rings (SSSR count). The summed E-state index contributed by atoms with van der Waals surface area (Å²) in [5.41, 5.74) is 0.788. The highest BCUT2D eigenvalue weighted by Crippen LogP contribution is 2.36. The smallest absolute Gasteiger partial charge is 0.457 e. The summed E-state index contributed by atoms with van der Waals surface area (Å²) in [4.78, 5) is 0. The first kappa shape index (κ1) is 17.0. The summed E-state index contributed by atoms with van der Waals surface area (Å²) in [6.07, 6.45) is 0. The lowest BCUT2D eigenvalue weighted by Gasteiger charge is -2.32. The Balaban J connectivity index is 1.85. The van der Waals surface area contributed by atoms with E-state index >= 15 is 0 Å². The minimum absolute atomic E-state index is 0.116. The van der Waals surface area contributed by atoms with Gasteiger partial charge in [0.25, 0.3) is 0 Å². The first-order valence-corrected chi connectivity index (χ1v) is 8.15. The van der Waals surface area contributed by atoms with Gasteiger partial charge in [-0.3, -0.25) is 0 Å². The lowest BCUT2D eigenvalue weighted by molar-refractivity contribution is 0.00578. The molecule has 1 saturated heterocycles. The standard InChI is InChI=1S/C19H23BO4/c1-18(2)19(3,4)24-20(23-18)15-10-11-17(14(12-15)13-21)22-16-8-6-5-7-9-16/h5-12,21H,13H2,1-4H3. The van der Waals surface area contributed by atoms with Crippen LogP contribution < -0.4 is 10.2 Å². The number of benzene rings is 2. The molecule has 126 valence electrons. The topological polar surface area (TPSA) is 47.9 Å². The molecular weight excluding hydrogens is 303 g/mol. The van der Waals surface area contributed by atoms with E-state index in [-0.39, 0.29) is 6.61 Å². The second-order valence-electron chi connectivity index (χ2n) is 7.03. The molecule has 1 fully saturated rings. The van der Waals surface area contributed by atoms with Crippen molar-refractivity contribution in [2.45, 2.75) is 45.5 Å². The van der Waals surface area contributed by atoms with Gasteiger partial charge in [0.1, 0.15) is 11.5 Å². The highest BCUT2D eigenvalue weighted by Gasteiger charge is 2.51. The van der Waals surface area contributed by atoms with E-state index in [4.69, 9.17) is 14.0 Å². The molecule has 1 aliphatic rings. The fourth-order valence-electron chi connectivity index (χ4n) is 2.56. The second-order valence-corrected chi connectivity index (χ2v) is 7.03. The molecular formula is C19H23BO4. The molecule has 0 bridgehead atoms. The van der Waals surface area contributed by atoms with Crippen LogP contribution >= 0.6 is 0 Å². The summed E-state index contributed by atoms with van der Waals surface area (Å²) in [5, 5.41) is 9.71. The Hall–Kier alpha value is -1.82. The van der Waals surface area contributed by atoms with Crippen LogP contribution in [0.2, 0.25) is 0 Å². The maximum absolute atomic E-state index is 9.71. The monoisotopic (exact) mass is 326 g/mol. The van der Waals surface area contributed by atoms with Crippen molar-refractivity contribution in [3.05, 3.63) is 54.1 Å². The van der Waals surface area contributed by atoms with E-state index in [1.54, 1.807) is 0 Å². The molecule has 1 heterocycles. The molecule has 24 heavy (non-hydrogen) atoms. The average Bonchev–Trinajstić information content (AvgIpc) is 2.77. The van der Waals surface area contributed by atoms with E-state index in [1.165, 1.54) is 0 Å². The summed E-state index contributed by atoms with van der Waals surface area (Å²) in [5.74, 6) is 1.36. The zero-order valence-electron chi connectivity index (χ0n) is 14.6. The zero-order chi connectivity index (χ0) is 17.4. The summed E-state index contributed by atoms with van der Waals surface area (Å²) in [6, 6.07) is 15.1. The summed E-state index contributed by atoms with van der Waals surface area (Å²) in [7, 11) is -0.453. The third-order valence-corrected chi connectivity index (χ3v) is 4.75. The Bertz CT molecular complexity index is 697. The molecule has 0 aromatic heterocycles. The number of ether oxygens (including phenoxy) is 1. The second kappa shape index (κ2) is 6.24. The summed E-state index contributed by atoms with van der Waals surface area (Å²) < 4.78 is 18.0. The van der Waals surface area contributed by atoms with Gasteiger partial charge in [0, 0.05) is 5.56 Å². The van der Waals surface area contributed by atoms with Gasteiger partial charge in [0.15, 0.2) is 0 Å². The molecule has 0 atom stereocenters. The molecule has 4 nitrogen and oxygen atoms in total. The minimum Gasteiger partial charge on any atom is -0.457 e. The molecule has 2 aromatic carbocycles. The van der Waals surface area contributed by atoms with Gasteiger partial charge in [-0.25, -0.2) is 0 Å². The number of rotatable bonds is 4. The van der Waals surface area contributed by atoms with E-state index in [2.05, 4.69) is 0 Å². The van der Waals surface area contributed by atoms with E-state index < -0.39 is 18.3 Å². The molecule has 1 aliphatic heterocycles. The van der Waals surface area contributed by atoms with Crippen LogP contribution in [0.3, 0.4) is 0 Å². The van der Waals surface area contributed by atoms with Gasteiger partial charge < -0.3 is 19.2 Å². The fourth-order valence-corrected chi connectivity index (χ4v) is 2.56. The van der Waals surface area contributed by atoms with Gasteiger partial charge in [-0.05, 0) is 51.4 Å². The van der Waals surface area contributed by atoms with Crippen molar-refractivity contribution in [1.82, 2.24) is 0 Å². The lowest BCUT2D eigenvalue weighted by atomic mass is 9.78. The Labute approximate surface area is 143 Å². The minimum atomic E-state index is -0.453. The van der Waals surface area contributed by atoms with Crippen molar-refractivity contribution in [3.63, 3.8) is 0 Å². The molecule has 0 saturated carbocycles. The average molecular weight is 326 g/mol. The van der Waals surface area contributed by atoms with Crippen molar-refractivity contribution >= 4 is 12.6 Å². The van der Waals surface area contributed by atoms with Crippen LogP contribution in [-0.4, -0.2) is 23.4 Å². The number of para-hydroxylation sites is 1. The Morgan fingerprint density at radius 3 is 2.17 bits per heavy atom. The van der Waals surface area contributed by atoms with Crippen molar-refractivity contribution in [3.8, 4) is 11.5 Å². The van der Waals surface area contributed by atoms with Crippen LogP contribution in [0.1, 0.15) is 33.3 Å². The third kappa shape index (κ3) is 3.20. The van der Waals surface area contributed by atoms with Gasteiger partial charge in [0.05, 0.1) is 17.8 Å². The van der Waals surface area contributed by atoms with E-state index in [0.29, 0.717) is 11.3 Å². The lowest BCUT2D eigenvalue weighted by Crippen LogP contribution is -2.41. The molecule has 0 unspecified atom stereocenters. The van der Waals surface area contributed by atoms with Crippen LogP contribution in [0.25, 0.3) is 0 Å². The number of hydrogen-bond donors (Lipinski definition) is 1. The van der Waals surface area contributed by atoms with Gasteiger partial charge in [-0.1, -0.05) is 30.3 Å². The quantitative estimate of drug-likeness (QED) is 0.876. The maximum Gasteiger partial charge on any atom is 0.494 e. The number of aliphatic hydroxyl groups is 1. The first-order chi connectivity index (χ1) is 11.3. The van der Waals surface area contributed by atoms with Crippen LogP contribution in [-0.2, 0) is 15.9 Å². The Kier molecular flexibility index (Phi) is 4.43. The van der Waals surface area contributed by atoms with E-state index in [1.807, 2.05) is 76.2 Å². The summed E-state index contributed by atoms with van der Waals surface area (Å²) >= 11 is 0. The molecule has 1 N–H and O–H groups in total. The molecule has 2 aromatic rings. The van der Waals surface area contributed by atoms with Gasteiger partial charge in [0.2, 0.25) is 0 Å².